The van der Waals surface area contributed by atoms with Gasteiger partial charge in [0.2, 0.25) is 5.91 Å². The van der Waals surface area contributed by atoms with Gasteiger partial charge in [-0.15, -0.1) is 0 Å². The Morgan fingerprint density at radius 3 is 2.20 bits per heavy atom. The van der Waals surface area contributed by atoms with E-state index in [9.17, 15) is 19.5 Å². The number of rotatable bonds is 5. The molecule has 2 saturated carbocycles. The van der Waals surface area contributed by atoms with Crippen molar-refractivity contribution in [2.24, 2.45) is 5.41 Å². The highest BCUT2D eigenvalue weighted by molar-refractivity contribution is 5.92. The lowest BCUT2D eigenvalue weighted by atomic mass is 9.75. The Morgan fingerprint density at radius 1 is 0.943 bits per heavy atom. The van der Waals surface area contributed by atoms with Gasteiger partial charge in [-0.1, -0.05) is 55.0 Å². The van der Waals surface area contributed by atoms with Gasteiger partial charge in [-0.2, -0.15) is 0 Å². The number of carbonyl (C=O) groups excluding carboxylic acids is 2. The highest BCUT2D eigenvalue weighted by Gasteiger charge is 2.60. The van der Waals surface area contributed by atoms with E-state index >= 15 is 0 Å². The van der Waals surface area contributed by atoms with Crippen LogP contribution in [-0.2, 0) is 14.3 Å². The van der Waals surface area contributed by atoms with E-state index in [1.54, 1.807) is 4.90 Å². The standard InChI is InChI=1S/C28H30N2O5/c31-24(30-16-15-27(25(32)33)12-5-11-23(27)30)28(13-6-14-28)29-26(34)35-17-22-20-9-3-1-7-18(20)19-8-2-4-10-21(19)22/h1-4,7-10,22-23H,5-6,11-17H2,(H,29,34)(H,32,33). The first kappa shape index (κ1) is 22.1. The van der Waals surface area contributed by atoms with Crippen LogP contribution in [-0.4, -0.2) is 52.7 Å². The lowest BCUT2D eigenvalue weighted by Gasteiger charge is -2.44. The van der Waals surface area contributed by atoms with Crippen molar-refractivity contribution in [3.63, 3.8) is 0 Å². The molecule has 3 fully saturated rings. The minimum atomic E-state index is -0.986. The molecule has 4 aliphatic rings. The minimum absolute atomic E-state index is 0.0468. The molecule has 3 aliphatic carbocycles. The molecule has 6 rings (SSSR count). The number of fused-ring (bicyclic) bond motifs is 4. The van der Waals surface area contributed by atoms with Crippen LogP contribution in [0.4, 0.5) is 4.79 Å². The van der Waals surface area contributed by atoms with Gasteiger partial charge in [0, 0.05) is 18.5 Å². The predicted octanol–water partition coefficient (Wildman–Crippen LogP) is 4.30. The number of alkyl carbamates (subject to hydrolysis) is 1. The third-order valence-corrected chi connectivity index (χ3v) is 8.90. The van der Waals surface area contributed by atoms with E-state index in [2.05, 4.69) is 29.6 Å². The van der Waals surface area contributed by atoms with Crippen molar-refractivity contribution in [3.8, 4) is 11.1 Å². The zero-order valence-electron chi connectivity index (χ0n) is 19.7. The van der Waals surface area contributed by atoms with Crippen molar-refractivity contribution in [2.75, 3.05) is 13.2 Å². The first-order valence-corrected chi connectivity index (χ1v) is 12.6. The van der Waals surface area contributed by atoms with E-state index in [1.807, 2.05) is 24.3 Å². The molecule has 2 atom stereocenters. The van der Waals surface area contributed by atoms with E-state index < -0.39 is 23.0 Å². The summed E-state index contributed by atoms with van der Waals surface area (Å²) in [7, 11) is 0. The number of carboxylic acid groups (broad SMARTS) is 1. The molecule has 7 nitrogen and oxygen atoms in total. The van der Waals surface area contributed by atoms with Crippen LogP contribution in [0.25, 0.3) is 11.1 Å². The van der Waals surface area contributed by atoms with E-state index in [4.69, 9.17) is 4.74 Å². The molecule has 2 aromatic carbocycles. The van der Waals surface area contributed by atoms with Gasteiger partial charge >= 0.3 is 12.1 Å². The van der Waals surface area contributed by atoms with Crippen molar-refractivity contribution in [1.29, 1.82) is 0 Å². The molecule has 0 aromatic heterocycles. The second-order valence-corrected chi connectivity index (χ2v) is 10.5. The predicted molar refractivity (Wildman–Crippen MR) is 129 cm³/mol. The zero-order chi connectivity index (χ0) is 24.2. The first-order valence-electron chi connectivity index (χ1n) is 12.6. The topological polar surface area (TPSA) is 95.9 Å². The summed E-state index contributed by atoms with van der Waals surface area (Å²) in [5, 5.41) is 12.8. The molecule has 2 N–H and O–H groups in total. The number of benzene rings is 2. The number of carboxylic acids is 1. The van der Waals surface area contributed by atoms with Gasteiger partial charge in [-0.25, -0.2) is 4.79 Å². The molecule has 1 saturated heterocycles. The average Bonchev–Trinajstić information content (AvgIpc) is 3.51. The van der Waals surface area contributed by atoms with Gasteiger partial charge in [0.1, 0.15) is 12.1 Å². The highest BCUT2D eigenvalue weighted by Crippen LogP contribution is 2.50. The fraction of sp³-hybridized carbons (Fsp3) is 0.464. The Morgan fingerprint density at radius 2 is 1.60 bits per heavy atom. The number of aliphatic carboxylic acids is 1. The van der Waals surface area contributed by atoms with Gasteiger partial charge in [-0.3, -0.25) is 9.59 Å². The molecule has 7 heteroatoms. The molecule has 35 heavy (non-hydrogen) atoms. The van der Waals surface area contributed by atoms with Crippen molar-refractivity contribution >= 4 is 18.0 Å². The Labute approximate surface area is 204 Å². The molecule has 2 amide bonds. The maximum absolute atomic E-state index is 13.6. The van der Waals surface area contributed by atoms with E-state index in [1.165, 1.54) is 0 Å². The van der Waals surface area contributed by atoms with E-state index in [0.29, 0.717) is 38.6 Å². The number of nitrogens with one attached hydrogen (secondary N) is 1. The smallest absolute Gasteiger partial charge is 0.408 e. The molecule has 182 valence electrons. The molecule has 1 aliphatic heterocycles. The lowest BCUT2D eigenvalue weighted by Crippen LogP contribution is -2.64. The average molecular weight is 475 g/mol. The Kier molecular flexibility index (Phi) is 5.13. The molecule has 2 aromatic rings. The number of ether oxygens (including phenoxy) is 1. The maximum atomic E-state index is 13.6. The maximum Gasteiger partial charge on any atom is 0.408 e. The van der Waals surface area contributed by atoms with E-state index in [-0.39, 0.29) is 24.5 Å². The van der Waals surface area contributed by atoms with Gasteiger partial charge in [-0.05, 0) is 60.8 Å². The Bertz CT molecular complexity index is 1160. The summed E-state index contributed by atoms with van der Waals surface area (Å²) in [5.41, 5.74) is 2.79. The molecule has 2 unspecified atom stereocenters. The van der Waals surface area contributed by atoms with E-state index in [0.717, 1.165) is 35.1 Å². The van der Waals surface area contributed by atoms with Crippen LogP contribution >= 0.6 is 0 Å². The quantitative estimate of drug-likeness (QED) is 0.674. The summed E-state index contributed by atoms with van der Waals surface area (Å²) < 4.78 is 5.71. The highest BCUT2D eigenvalue weighted by atomic mass is 16.5. The van der Waals surface area contributed by atoms with Crippen LogP contribution in [0.2, 0.25) is 0 Å². The Hall–Kier alpha value is -3.35. The fourth-order valence-corrected chi connectivity index (χ4v) is 6.90. The summed E-state index contributed by atoms with van der Waals surface area (Å²) in [6.45, 7) is 0.627. The van der Waals surface area contributed by atoms with Gasteiger partial charge in [0.05, 0.1) is 5.41 Å². The molecular formula is C28H30N2O5. The summed E-state index contributed by atoms with van der Waals surface area (Å²) in [6, 6.07) is 16.1. The normalized spacial score (nSPS) is 25.8. The number of hydrogen-bond donors (Lipinski definition) is 2. The second-order valence-electron chi connectivity index (χ2n) is 10.5. The van der Waals surface area contributed by atoms with Crippen LogP contribution in [0.1, 0.15) is 62.0 Å². The summed E-state index contributed by atoms with van der Waals surface area (Å²) in [4.78, 5) is 40.4. The third kappa shape index (κ3) is 3.27. The third-order valence-electron chi connectivity index (χ3n) is 8.90. The number of likely N-dealkylation sites (tertiary alicyclic amines) is 1. The number of nitrogens with zero attached hydrogens (tertiary/aromatic N) is 1. The van der Waals surface area contributed by atoms with Crippen molar-refractivity contribution in [3.05, 3.63) is 59.7 Å². The molecule has 0 radical (unpaired) electrons. The summed E-state index contributed by atoms with van der Waals surface area (Å²) in [5.74, 6) is -0.996. The molecule has 0 spiro atoms. The van der Waals surface area contributed by atoms with Crippen LogP contribution in [0.3, 0.4) is 0 Å². The SMILES string of the molecule is O=C(NC1(C(=O)N2CCC3(C(=O)O)CCCC23)CCC1)OCC1c2ccccc2-c2ccccc21. The summed E-state index contributed by atoms with van der Waals surface area (Å²) >= 11 is 0. The van der Waals surface area contributed by atoms with Gasteiger partial charge in [0.25, 0.3) is 0 Å². The Balaban J connectivity index is 1.15. The first-order chi connectivity index (χ1) is 17.0. The molecular weight excluding hydrogens is 444 g/mol. The van der Waals surface area contributed by atoms with Crippen LogP contribution in [0, 0.1) is 5.41 Å². The zero-order valence-corrected chi connectivity index (χ0v) is 19.7. The largest absolute Gasteiger partial charge is 0.481 e. The second kappa shape index (κ2) is 8.11. The van der Waals surface area contributed by atoms with Crippen molar-refractivity contribution in [2.45, 2.75) is 62.4 Å². The number of hydrogen-bond acceptors (Lipinski definition) is 4. The molecule has 0 bridgehead atoms. The minimum Gasteiger partial charge on any atom is -0.481 e. The lowest BCUT2D eigenvalue weighted by molar-refractivity contribution is -0.151. The summed E-state index contributed by atoms with van der Waals surface area (Å²) in [6.07, 6.45) is 3.99. The van der Waals surface area contributed by atoms with Crippen LogP contribution in [0.5, 0.6) is 0 Å². The van der Waals surface area contributed by atoms with Crippen molar-refractivity contribution in [1.82, 2.24) is 10.2 Å². The number of amides is 2. The van der Waals surface area contributed by atoms with Crippen LogP contribution < -0.4 is 5.32 Å². The van der Waals surface area contributed by atoms with Gasteiger partial charge < -0.3 is 20.1 Å². The van der Waals surface area contributed by atoms with Crippen LogP contribution in [0.15, 0.2) is 48.5 Å². The number of carbonyl (C=O) groups is 3. The monoisotopic (exact) mass is 474 g/mol. The van der Waals surface area contributed by atoms with Gasteiger partial charge in [0.15, 0.2) is 0 Å². The molecule has 1 heterocycles. The van der Waals surface area contributed by atoms with Crippen molar-refractivity contribution < 1.29 is 24.2 Å². The fourth-order valence-electron chi connectivity index (χ4n) is 6.90.